The highest BCUT2D eigenvalue weighted by Crippen LogP contribution is 2.28. The zero-order chi connectivity index (χ0) is 15.7. The van der Waals surface area contributed by atoms with E-state index in [1.54, 1.807) is 6.92 Å². The predicted molar refractivity (Wildman–Crippen MR) is 75.4 cm³/mol. The lowest BCUT2D eigenvalue weighted by Gasteiger charge is -2.12. The molecule has 1 aromatic rings. The summed E-state index contributed by atoms with van der Waals surface area (Å²) in [5.41, 5.74) is 0. The van der Waals surface area contributed by atoms with Gasteiger partial charge in [0.25, 0.3) is 0 Å². The van der Waals surface area contributed by atoms with E-state index in [1.807, 2.05) is 0 Å². The second kappa shape index (κ2) is 8.66. The molecule has 0 bridgehead atoms. The smallest absolute Gasteiger partial charge is 0.380 e. The first-order valence-electron chi connectivity index (χ1n) is 6.99. The molecule has 1 heterocycles. The van der Waals surface area contributed by atoms with Crippen LogP contribution in [0.15, 0.2) is 6.07 Å². The normalized spacial score (nSPS) is 11.5. The third-order valence-electron chi connectivity index (χ3n) is 2.53. The highest BCUT2D eigenvalue weighted by Gasteiger charge is 2.35. The fourth-order valence-electron chi connectivity index (χ4n) is 1.54. The Balaban J connectivity index is 2.61. The van der Waals surface area contributed by atoms with Gasteiger partial charge in [0, 0.05) is 25.8 Å². The molecule has 0 aliphatic carbocycles. The van der Waals surface area contributed by atoms with Crippen molar-refractivity contribution in [1.29, 1.82) is 0 Å². The third kappa shape index (κ3) is 6.61. The van der Waals surface area contributed by atoms with Crippen molar-refractivity contribution in [3.8, 4) is 0 Å². The summed E-state index contributed by atoms with van der Waals surface area (Å²) < 4.78 is 43.5. The molecule has 0 atom stereocenters. The lowest BCUT2D eigenvalue weighted by atomic mass is 10.4. The Bertz CT molecular complexity index is 426. The number of unbranched alkanes of at least 4 members (excludes halogenated alkanes) is 1. The number of aromatic nitrogens is 2. The van der Waals surface area contributed by atoms with Crippen LogP contribution in [0.5, 0.6) is 0 Å². The average Bonchev–Trinajstić information content (AvgIpc) is 2.42. The number of anilines is 2. The van der Waals surface area contributed by atoms with Crippen LogP contribution in [0.3, 0.4) is 0 Å². The van der Waals surface area contributed by atoms with Crippen LogP contribution in [0.1, 0.15) is 32.5 Å². The molecule has 0 aliphatic rings. The van der Waals surface area contributed by atoms with Gasteiger partial charge in [-0.15, -0.1) is 0 Å². The second-order valence-corrected chi connectivity index (χ2v) is 4.38. The van der Waals surface area contributed by atoms with Crippen molar-refractivity contribution in [1.82, 2.24) is 9.97 Å². The maximum absolute atomic E-state index is 12.7. The van der Waals surface area contributed by atoms with E-state index in [9.17, 15) is 13.2 Å². The first-order chi connectivity index (χ1) is 9.97. The molecule has 0 amide bonds. The molecule has 0 fully saturated rings. The van der Waals surface area contributed by atoms with Gasteiger partial charge in [0.15, 0.2) is 0 Å². The number of halogens is 3. The number of ether oxygens (including phenoxy) is 1. The van der Waals surface area contributed by atoms with Gasteiger partial charge in [0.05, 0.1) is 6.61 Å². The van der Waals surface area contributed by atoms with Crippen LogP contribution >= 0.6 is 0 Å². The molecule has 0 aliphatic heterocycles. The maximum Gasteiger partial charge on any atom is 0.451 e. The van der Waals surface area contributed by atoms with E-state index in [4.69, 9.17) is 4.74 Å². The van der Waals surface area contributed by atoms with Crippen molar-refractivity contribution in [2.75, 3.05) is 36.9 Å². The van der Waals surface area contributed by atoms with Crippen molar-refractivity contribution in [3.05, 3.63) is 11.9 Å². The summed E-state index contributed by atoms with van der Waals surface area (Å²) >= 11 is 0. The van der Waals surface area contributed by atoms with Crippen LogP contribution in [0, 0.1) is 0 Å². The number of rotatable bonds is 9. The molecule has 1 aromatic heterocycles. The van der Waals surface area contributed by atoms with Crippen LogP contribution in [0.25, 0.3) is 0 Å². The summed E-state index contributed by atoms with van der Waals surface area (Å²) in [5.74, 6) is -0.878. The topological polar surface area (TPSA) is 59.1 Å². The van der Waals surface area contributed by atoms with Gasteiger partial charge in [-0.3, -0.25) is 0 Å². The first-order valence-corrected chi connectivity index (χ1v) is 6.99. The molecular formula is C13H21F3N4O. The van der Waals surface area contributed by atoms with E-state index < -0.39 is 12.0 Å². The van der Waals surface area contributed by atoms with Crippen molar-refractivity contribution in [2.24, 2.45) is 0 Å². The Hall–Kier alpha value is -1.57. The number of alkyl halides is 3. The van der Waals surface area contributed by atoms with Gasteiger partial charge in [0.1, 0.15) is 11.6 Å². The summed E-state index contributed by atoms with van der Waals surface area (Å²) in [6, 6.07) is 1.45. The van der Waals surface area contributed by atoms with Gasteiger partial charge in [-0.05, 0) is 13.3 Å². The molecule has 8 heteroatoms. The molecule has 5 nitrogen and oxygen atoms in total. The summed E-state index contributed by atoms with van der Waals surface area (Å²) in [4.78, 5) is 6.92. The zero-order valence-corrected chi connectivity index (χ0v) is 12.3. The second-order valence-electron chi connectivity index (χ2n) is 4.38. The lowest BCUT2D eigenvalue weighted by Crippen LogP contribution is -2.17. The lowest BCUT2D eigenvalue weighted by molar-refractivity contribution is -0.144. The highest BCUT2D eigenvalue weighted by molar-refractivity contribution is 5.47. The monoisotopic (exact) mass is 306 g/mol. The summed E-state index contributed by atoms with van der Waals surface area (Å²) in [6.07, 6.45) is -2.56. The average molecular weight is 306 g/mol. The van der Waals surface area contributed by atoms with Crippen molar-refractivity contribution < 1.29 is 17.9 Å². The third-order valence-corrected chi connectivity index (χ3v) is 2.53. The summed E-state index contributed by atoms with van der Waals surface area (Å²) in [5, 5.41) is 5.57. The van der Waals surface area contributed by atoms with E-state index in [0.29, 0.717) is 26.3 Å². The standard InChI is InChI=1S/C13H21F3N4O/c1-3-5-7-21-8-6-18-11-9-10(17-4-2)19-12(20-11)13(14,15)16/h9H,3-8H2,1-2H3,(H2,17,18,19,20). The first kappa shape index (κ1) is 17.5. The minimum absolute atomic E-state index is 0.132. The largest absolute Gasteiger partial charge is 0.451 e. The molecule has 0 spiro atoms. The molecule has 0 radical (unpaired) electrons. The zero-order valence-electron chi connectivity index (χ0n) is 12.3. The van der Waals surface area contributed by atoms with Gasteiger partial charge in [0.2, 0.25) is 5.82 Å². The SMILES string of the molecule is CCCCOCCNc1cc(NCC)nc(C(F)(F)F)n1. The van der Waals surface area contributed by atoms with Gasteiger partial charge >= 0.3 is 6.18 Å². The molecule has 2 N–H and O–H groups in total. The Morgan fingerprint density at radius 3 is 2.33 bits per heavy atom. The minimum Gasteiger partial charge on any atom is -0.380 e. The summed E-state index contributed by atoms with van der Waals surface area (Å²) in [7, 11) is 0. The number of hydrogen-bond donors (Lipinski definition) is 2. The highest BCUT2D eigenvalue weighted by atomic mass is 19.4. The molecule has 0 saturated heterocycles. The minimum atomic E-state index is -4.57. The number of nitrogens with one attached hydrogen (secondary N) is 2. The summed E-state index contributed by atoms with van der Waals surface area (Å²) in [6.45, 7) is 5.78. The molecule has 0 saturated carbocycles. The van der Waals surface area contributed by atoms with Crippen molar-refractivity contribution in [3.63, 3.8) is 0 Å². The number of nitrogens with zero attached hydrogens (tertiary/aromatic N) is 2. The van der Waals surface area contributed by atoms with Gasteiger partial charge in [-0.25, -0.2) is 9.97 Å². The molecule has 0 unspecified atom stereocenters. The van der Waals surface area contributed by atoms with Gasteiger partial charge in [-0.2, -0.15) is 13.2 Å². The van der Waals surface area contributed by atoms with Crippen molar-refractivity contribution in [2.45, 2.75) is 32.9 Å². The van der Waals surface area contributed by atoms with E-state index in [0.717, 1.165) is 12.8 Å². The molecule has 21 heavy (non-hydrogen) atoms. The molecule has 0 aromatic carbocycles. The maximum atomic E-state index is 12.7. The molecule has 1 rings (SSSR count). The Morgan fingerprint density at radius 1 is 1.10 bits per heavy atom. The van der Waals surface area contributed by atoms with E-state index in [-0.39, 0.29) is 11.6 Å². The Labute approximate surface area is 122 Å². The Kier molecular flexibility index (Phi) is 7.21. The van der Waals surface area contributed by atoms with Crippen LogP contribution < -0.4 is 10.6 Å². The fourth-order valence-corrected chi connectivity index (χ4v) is 1.54. The van der Waals surface area contributed by atoms with E-state index >= 15 is 0 Å². The van der Waals surface area contributed by atoms with E-state index in [1.165, 1.54) is 6.07 Å². The Morgan fingerprint density at radius 2 is 1.76 bits per heavy atom. The predicted octanol–water partition coefficient (Wildman–Crippen LogP) is 3.16. The molecular weight excluding hydrogens is 285 g/mol. The van der Waals surface area contributed by atoms with Crippen LogP contribution in [0.2, 0.25) is 0 Å². The number of hydrogen-bond acceptors (Lipinski definition) is 5. The van der Waals surface area contributed by atoms with Crippen molar-refractivity contribution >= 4 is 11.6 Å². The van der Waals surface area contributed by atoms with Crippen LogP contribution in [-0.4, -0.2) is 36.3 Å². The van der Waals surface area contributed by atoms with E-state index in [2.05, 4.69) is 27.5 Å². The fraction of sp³-hybridized carbons (Fsp3) is 0.692. The quantitative estimate of drug-likeness (QED) is 0.686. The van der Waals surface area contributed by atoms with Crippen LogP contribution in [0.4, 0.5) is 24.8 Å². The van der Waals surface area contributed by atoms with Crippen LogP contribution in [-0.2, 0) is 10.9 Å². The van der Waals surface area contributed by atoms with Gasteiger partial charge < -0.3 is 15.4 Å². The molecule has 120 valence electrons. The van der Waals surface area contributed by atoms with Gasteiger partial charge in [-0.1, -0.05) is 13.3 Å².